The zero-order valence-electron chi connectivity index (χ0n) is 20.0. The number of ether oxygens (including phenoxy) is 4. The van der Waals surface area contributed by atoms with Crippen LogP contribution in [0, 0.1) is 0 Å². The molecule has 4 aromatic rings. The van der Waals surface area contributed by atoms with Crippen LogP contribution < -0.4 is 19.5 Å². The molecular weight excluding hydrogens is 460 g/mol. The topological polar surface area (TPSA) is 99.9 Å². The summed E-state index contributed by atoms with van der Waals surface area (Å²) in [7, 11) is 0. The van der Waals surface area contributed by atoms with Crippen molar-refractivity contribution in [3.63, 3.8) is 0 Å². The number of hydrogen-bond donors (Lipinski definition) is 2. The summed E-state index contributed by atoms with van der Waals surface area (Å²) in [6.07, 6.45) is -0.630. The number of nitrogens with one attached hydrogen (secondary N) is 1. The molecule has 3 aromatic carbocycles. The van der Waals surface area contributed by atoms with E-state index in [1.807, 2.05) is 79.7 Å². The quantitative estimate of drug-likeness (QED) is 0.326. The summed E-state index contributed by atoms with van der Waals surface area (Å²) in [5.74, 6) is 2.01. The lowest BCUT2D eigenvalue weighted by atomic mass is 10.2. The van der Waals surface area contributed by atoms with Crippen LogP contribution in [0.5, 0.6) is 17.5 Å². The maximum Gasteiger partial charge on any atom is 0.336 e. The summed E-state index contributed by atoms with van der Waals surface area (Å²) >= 11 is 0. The van der Waals surface area contributed by atoms with E-state index in [0.717, 1.165) is 22.5 Å². The van der Waals surface area contributed by atoms with Gasteiger partial charge in [0.15, 0.2) is 17.3 Å². The van der Waals surface area contributed by atoms with Gasteiger partial charge in [-0.1, -0.05) is 30.3 Å². The van der Waals surface area contributed by atoms with E-state index in [4.69, 9.17) is 18.9 Å². The van der Waals surface area contributed by atoms with Crippen molar-refractivity contribution in [2.45, 2.75) is 19.6 Å². The highest BCUT2D eigenvalue weighted by Gasteiger charge is 2.19. The Morgan fingerprint density at radius 3 is 2.64 bits per heavy atom. The van der Waals surface area contributed by atoms with Crippen LogP contribution in [-0.4, -0.2) is 52.5 Å². The molecule has 1 aliphatic heterocycles. The first-order valence-corrected chi connectivity index (χ1v) is 11.8. The number of nitrogens with zero attached hydrogens (tertiary/aromatic N) is 3. The molecule has 0 radical (unpaired) electrons. The average Bonchev–Trinajstić information content (AvgIpc) is 3.55. The predicted molar refractivity (Wildman–Crippen MR) is 135 cm³/mol. The molecule has 1 aliphatic rings. The van der Waals surface area contributed by atoms with E-state index in [9.17, 15) is 5.11 Å². The van der Waals surface area contributed by atoms with Crippen LogP contribution in [-0.2, 0) is 11.3 Å². The molecule has 0 saturated heterocycles. The van der Waals surface area contributed by atoms with Crippen molar-refractivity contribution in [2.24, 2.45) is 0 Å². The van der Waals surface area contributed by atoms with Crippen molar-refractivity contribution in [1.29, 1.82) is 0 Å². The van der Waals surface area contributed by atoms with Crippen molar-refractivity contribution in [3.05, 3.63) is 78.4 Å². The van der Waals surface area contributed by atoms with E-state index in [1.165, 1.54) is 0 Å². The fourth-order valence-electron chi connectivity index (χ4n) is 3.79. The van der Waals surface area contributed by atoms with Gasteiger partial charge in [0.25, 0.3) is 0 Å². The zero-order chi connectivity index (χ0) is 24.7. The van der Waals surface area contributed by atoms with Crippen molar-refractivity contribution in [2.75, 3.05) is 31.9 Å². The average molecular weight is 489 g/mol. The summed E-state index contributed by atoms with van der Waals surface area (Å²) in [6.45, 7) is 3.65. The first kappa shape index (κ1) is 23.7. The Kier molecular flexibility index (Phi) is 7.30. The second kappa shape index (κ2) is 11.1. The van der Waals surface area contributed by atoms with Crippen LogP contribution >= 0.6 is 0 Å². The standard InChI is InChI=1S/C27H28N4O5/c1-2-34-27-29-26(20-8-13-24-25(14-20)36-18-35-24)31(30-27)22-11-9-21(10-12-22)28-15-23(32)17-33-16-19-6-4-3-5-7-19/h3-14,23,28,32H,2,15-18H2,1H3/t23-/m1/s1. The number of aliphatic hydroxyl groups excluding tert-OH is 1. The molecule has 0 fully saturated rings. The van der Waals surface area contributed by atoms with Gasteiger partial charge in [0.05, 0.1) is 31.6 Å². The third-order valence-corrected chi connectivity index (χ3v) is 5.57. The lowest BCUT2D eigenvalue weighted by Crippen LogP contribution is -2.24. The van der Waals surface area contributed by atoms with Gasteiger partial charge in [0.1, 0.15) is 0 Å². The first-order chi connectivity index (χ1) is 17.7. The number of benzene rings is 3. The van der Waals surface area contributed by atoms with E-state index in [-0.39, 0.29) is 13.4 Å². The molecule has 9 heteroatoms. The molecule has 0 bridgehead atoms. The van der Waals surface area contributed by atoms with Crippen molar-refractivity contribution < 1.29 is 24.1 Å². The fraction of sp³-hybridized carbons (Fsp3) is 0.259. The lowest BCUT2D eigenvalue weighted by Gasteiger charge is -2.14. The van der Waals surface area contributed by atoms with Crippen molar-refractivity contribution in [1.82, 2.24) is 14.8 Å². The molecule has 0 spiro atoms. The van der Waals surface area contributed by atoms with Gasteiger partial charge < -0.3 is 29.4 Å². The highest BCUT2D eigenvalue weighted by molar-refractivity contribution is 5.64. The van der Waals surface area contributed by atoms with Gasteiger partial charge in [-0.25, -0.2) is 4.68 Å². The maximum atomic E-state index is 10.3. The normalized spacial score (nSPS) is 12.9. The van der Waals surface area contributed by atoms with E-state index >= 15 is 0 Å². The largest absolute Gasteiger partial charge is 0.463 e. The lowest BCUT2D eigenvalue weighted by molar-refractivity contribution is 0.0348. The molecule has 0 amide bonds. The van der Waals surface area contributed by atoms with Crippen LogP contribution in [0.15, 0.2) is 72.8 Å². The van der Waals surface area contributed by atoms with E-state index in [1.54, 1.807) is 4.68 Å². The minimum atomic E-state index is -0.630. The summed E-state index contributed by atoms with van der Waals surface area (Å²) in [5, 5.41) is 18.0. The van der Waals surface area contributed by atoms with Crippen LogP contribution in [0.2, 0.25) is 0 Å². The number of aliphatic hydroxyl groups is 1. The summed E-state index contributed by atoms with van der Waals surface area (Å²) in [6, 6.07) is 23.6. The summed E-state index contributed by atoms with van der Waals surface area (Å²) < 4.78 is 23.9. The molecule has 186 valence electrons. The minimum Gasteiger partial charge on any atom is -0.463 e. The SMILES string of the molecule is CCOc1nc(-c2ccc3c(c2)OCO3)n(-c2ccc(NC[C@@H](O)COCc3ccccc3)cc2)n1. The molecule has 2 heterocycles. The molecule has 2 N–H and O–H groups in total. The van der Waals surface area contributed by atoms with Crippen LogP contribution in [0.3, 0.4) is 0 Å². The van der Waals surface area contributed by atoms with Gasteiger partial charge >= 0.3 is 6.01 Å². The van der Waals surface area contributed by atoms with Crippen LogP contribution in [0.1, 0.15) is 12.5 Å². The van der Waals surface area contributed by atoms with Crippen molar-refractivity contribution in [3.8, 4) is 34.6 Å². The molecule has 0 saturated carbocycles. The Morgan fingerprint density at radius 1 is 1.03 bits per heavy atom. The van der Waals surface area contributed by atoms with Gasteiger partial charge in [-0.15, -0.1) is 5.10 Å². The fourth-order valence-corrected chi connectivity index (χ4v) is 3.79. The molecule has 36 heavy (non-hydrogen) atoms. The second-order valence-corrected chi connectivity index (χ2v) is 8.21. The zero-order valence-corrected chi connectivity index (χ0v) is 20.0. The predicted octanol–water partition coefficient (Wildman–Crippen LogP) is 4.05. The third kappa shape index (κ3) is 5.59. The van der Waals surface area contributed by atoms with Crippen molar-refractivity contribution >= 4 is 5.69 Å². The summed E-state index contributed by atoms with van der Waals surface area (Å²) in [4.78, 5) is 4.58. The van der Waals surface area contributed by atoms with E-state index in [0.29, 0.717) is 43.1 Å². The first-order valence-electron chi connectivity index (χ1n) is 11.8. The summed E-state index contributed by atoms with van der Waals surface area (Å²) in [5.41, 5.74) is 3.60. The van der Waals surface area contributed by atoms with E-state index in [2.05, 4.69) is 15.4 Å². The molecule has 1 atom stereocenters. The van der Waals surface area contributed by atoms with Gasteiger partial charge in [-0.2, -0.15) is 4.98 Å². The van der Waals surface area contributed by atoms with E-state index < -0.39 is 6.10 Å². The Labute approximate surface area is 209 Å². The maximum absolute atomic E-state index is 10.3. The second-order valence-electron chi connectivity index (χ2n) is 8.21. The van der Waals surface area contributed by atoms with Gasteiger partial charge in [0.2, 0.25) is 6.79 Å². The highest BCUT2D eigenvalue weighted by Crippen LogP contribution is 2.36. The number of hydrogen-bond acceptors (Lipinski definition) is 8. The Hall–Kier alpha value is -4.08. The van der Waals surface area contributed by atoms with Crippen LogP contribution in [0.25, 0.3) is 17.1 Å². The Balaban J connectivity index is 1.23. The molecular formula is C27H28N4O5. The van der Waals surface area contributed by atoms with Gasteiger partial charge in [0, 0.05) is 17.8 Å². The number of rotatable bonds is 11. The molecule has 1 aromatic heterocycles. The molecule has 9 nitrogen and oxygen atoms in total. The number of anilines is 1. The molecule has 0 aliphatic carbocycles. The Morgan fingerprint density at radius 2 is 1.83 bits per heavy atom. The van der Waals surface area contributed by atoms with Crippen LogP contribution in [0.4, 0.5) is 5.69 Å². The minimum absolute atomic E-state index is 0.206. The monoisotopic (exact) mass is 488 g/mol. The highest BCUT2D eigenvalue weighted by atomic mass is 16.7. The van der Waals surface area contributed by atoms with Gasteiger partial charge in [-0.05, 0) is 55.0 Å². The number of fused-ring (bicyclic) bond motifs is 1. The molecule has 0 unspecified atom stereocenters. The smallest absolute Gasteiger partial charge is 0.336 e. The molecule has 5 rings (SSSR count). The Bertz CT molecular complexity index is 1280. The van der Waals surface area contributed by atoms with Gasteiger partial charge in [-0.3, -0.25) is 0 Å². The number of aromatic nitrogens is 3. The third-order valence-electron chi connectivity index (χ3n) is 5.57.